The average molecular weight is 242 g/mol. The van der Waals surface area contributed by atoms with Crippen LogP contribution in [0.5, 0.6) is 0 Å². The number of hydrogen-bond donors (Lipinski definition) is 0. The monoisotopic (exact) mass is 242 g/mol. The zero-order valence-electron chi connectivity index (χ0n) is 9.81. The summed E-state index contributed by atoms with van der Waals surface area (Å²) in [4.78, 5) is 5.48. The van der Waals surface area contributed by atoms with Gasteiger partial charge in [0.1, 0.15) is 0 Å². The summed E-state index contributed by atoms with van der Waals surface area (Å²) in [6, 6.07) is 10.3. The van der Waals surface area contributed by atoms with Crippen LogP contribution in [-0.2, 0) is 0 Å². The van der Waals surface area contributed by atoms with Gasteiger partial charge in [0.2, 0.25) is 6.54 Å². The molecule has 0 spiro atoms. The van der Waals surface area contributed by atoms with Crippen molar-refractivity contribution in [2.24, 2.45) is 0 Å². The third-order valence-electron chi connectivity index (χ3n) is 2.19. The normalized spacial score (nSPS) is 10.6. The highest BCUT2D eigenvalue weighted by Gasteiger charge is 2.02. The lowest BCUT2D eigenvalue weighted by Crippen LogP contribution is -1.83. The van der Waals surface area contributed by atoms with Crippen LogP contribution in [-0.4, -0.2) is 6.54 Å². The van der Waals surface area contributed by atoms with Gasteiger partial charge >= 0.3 is 0 Å². The van der Waals surface area contributed by atoms with Gasteiger partial charge < -0.3 is 4.85 Å². The number of rotatable bonds is 5. The quantitative estimate of drug-likeness (QED) is 0.335. The molecule has 0 saturated heterocycles. The van der Waals surface area contributed by atoms with Crippen molar-refractivity contribution in [3.63, 3.8) is 0 Å². The average Bonchev–Trinajstić information content (AvgIpc) is 2.32. The number of allylic oxidation sites excluding steroid dienone is 2. The molecule has 0 radical (unpaired) electrons. The van der Waals surface area contributed by atoms with E-state index in [0.29, 0.717) is 6.54 Å². The van der Waals surface area contributed by atoms with Crippen LogP contribution in [0.4, 0.5) is 0 Å². The fourth-order valence-corrected chi connectivity index (χ4v) is 2.25. The highest BCUT2D eigenvalue weighted by atomic mass is 32.2. The lowest BCUT2D eigenvalue weighted by atomic mass is 10.2. The first-order valence-corrected chi connectivity index (χ1v) is 6.24. The number of nitrogens with zero attached hydrogens (tertiary/aromatic N) is 2. The van der Waals surface area contributed by atoms with Crippen LogP contribution < -0.4 is 0 Å². The van der Waals surface area contributed by atoms with Gasteiger partial charge in [-0.15, -0.1) is 0 Å². The maximum absolute atomic E-state index is 8.72. The lowest BCUT2D eigenvalue weighted by Gasteiger charge is -2.04. The molecule has 1 aromatic rings. The van der Waals surface area contributed by atoms with E-state index < -0.39 is 0 Å². The Morgan fingerprint density at radius 1 is 1.47 bits per heavy atom. The third kappa shape index (κ3) is 5.24. The predicted molar refractivity (Wildman–Crippen MR) is 71.4 cm³/mol. The summed E-state index contributed by atoms with van der Waals surface area (Å²) in [5.74, 6) is 0. The van der Waals surface area contributed by atoms with Crippen molar-refractivity contribution in [1.29, 1.82) is 5.26 Å². The molecule has 0 saturated carbocycles. The van der Waals surface area contributed by atoms with Crippen molar-refractivity contribution in [3.8, 4) is 6.07 Å². The highest BCUT2D eigenvalue weighted by molar-refractivity contribution is 8.03. The molecule has 0 amide bonds. The van der Waals surface area contributed by atoms with E-state index in [-0.39, 0.29) is 0 Å². The van der Waals surface area contributed by atoms with E-state index in [0.717, 1.165) is 22.6 Å². The van der Waals surface area contributed by atoms with E-state index in [1.54, 1.807) is 17.8 Å². The molecule has 0 aliphatic carbocycles. The second-order valence-electron chi connectivity index (χ2n) is 3.64. The summed E-state index contributed by atoms with van der Waals surface area (Å²) < 4.78 is 0. The van der Waals surface area contributed by atoms with E-state index in [4.69, 9.17) is 11.8 Å². The Labute approximate surface area is 107 Å². The van der Waals surface area contributed by atoms with Crippen LogP contribution in [0, 0.1) is 24.8 Å². The molecule has 86 valence electrons. The molecule has 0 aliphatic rings. The minimum absolute atomic E-state index is 0.525. The largest absolute Gasteiger partial charge is 0.317 e. The number of aryl methyl sites for hydroxylation is 1. The standard InChI is InChI=1S/C14H14N2S/c1-12-5-7-14(8-6-12)17-13(9-10-15)4-3-11-16-2/h5-9H,3-4,11H2,1H3/b13-9-. The Morgan fingerprint density at radius 3 is 2.76 bits per heavy atom. The van der Waals surface area contributed by atoms with E-state index >= 15 is 0 Å². The van der Waals surface area contributed by atoms with Crippen molar-refractivity contribution in [3.05, 3.63) is 52.2 Å². The zero-order valence-corrected chi connectivity index (χ0v) is 10.6. The molecule has 3 heteroatoms. The van der Waals surface area contributed by atoms with Gasteiger partial charge in [-0.1, -0.05) is 29.5 Å². The summed E-state index contributed by atoms with van der Waals surface area (Å²) in [6.45, 7) is 9.30. The predicted octanol–water partition coefficient (Wildman–Crippen LogP) is 4.19. The number of hydrogen-bond acceptors (Lipinski definition) is 2. The molecule has 1 rings (SSSR count). The topological polar surface area (TPSA) is 28.1 Å². The van der Waals surface area contributed by atoms with E-state index in [1.807, 2.05) is 0 Å². The van der Waals surface area contributed by atoms with Crippen molar-refractivity contribution >= 4 is 11.8 Å². The molecular formula is C14H14N2S. The van der Waals surface area contributed by atoms with Gasteiger partial charge in [-0.2, -0.15) is 5.26 Å². The fourth-order valence-electron chi connectivity index (χ4n) is 1.31. The molecule has 0 atom stereocenters. The molecule has 0 aromatic heterocycles. The van der Waals surface area contributed by atoms with Crippen molar-refractivity contribution in [2.75, 3.05) is 6.54 Å². The van der Waals surface area contributed by atoms with Crippen LogP contribution in [0.25, 0.3) is 4.85 Å². The van der Waals surface area contributed by atoms with Gasteiger partial charge in [0.05, 0.1) is 6.07 Å². The van der Waals surface area contributed by atoms with Gasteiger partial charge in [0.15, 0.2) is 0 Å². The summed E-state index contributed by atoms with van der Waals surface area (Å²) in [5.41, 5.74) is 1.23. The minimum Gasteiger partial charge on any atom is -0.317 e. The second-order valence-corrected chi connectivity index (χ2v) is 4.84. The number of thioether (sulfide) groups is 1. The van der Waals surface area contributed by atoms with Gasteiger partial charge in [-0.3, -0.25) is 0 Å². The Kier molecular flexibility index (Phi) is 5.93. The van der Waals surface area contributed by atoms with Crippen LogP contribution in [0.15, 0.2) is 40.1 Å². The summed E-state index contributed by atoms with van der Waals surface area (Å²) >= 11 is 1.61. The summed E-state index contributed by atoms with van der Waals surface area (Å²) in [7, 11) is 0. The van der Waals surface area contributed by atoms with Crippen molar-refractivity contribution in [1.82, 2.24) is 0 Å². The molecule has 2 nitrogen and oxygen atoms in total. The maximum atomic E-state index is 8.72. The molecular weight excluding hydrogens is 228 g/mol. The van der Waals surface area contributed by atoms with Gasteiger partial charge in [-0.25, -0.2) is 6.57 Å². The first kappa shape index (κ1) is 13.4. The molecule has 0 unspecified atom stereocenters. The van der Waals surface area contributed by atoms with Crippen LogP contribution in [0.1, 0.15) is 18.4 Å². The molecule has 0 heterocycles. The van der Waals surface area contributed by atoms with E-state index in [2.05, 4.69) is 42.1 Å². The lowest BCUT2D eigenvalue weighted by molar-refractivity contribution is 0.913. The molecule has 1 aromatic carbocycles. The number of nitriles is 1. The smallest absolute Gasteiger partial charge is 0.215 e. The Bertz CT molecular complexity index is 460. The maximum Gasteiger partial charge on any atom is 0.215 e. The second kappa shape index (κ2) is 7.54. The Hall–Kier alpha value is -1.71. The SMILES string of the molecule is [C-]#[N+]CCC/C(=C/C#N)Sc1ccc(C)cc1. The first-order valence-electron chi connectivity index (χ1n) is 5.42. The Morgan fingerprint density at radius 2 is 2.18 bits per heavy atom. The van der Waals surface area contributed by atoms with Gasteiger partial charge in [0.25, 0.3) is 0 Å². The van der Waals surface area contributed by atoms with Gasteiger partial charge in [-0.05, 0) is 25.5 Å². The van der Waals surface area contributed by atoms with Crippen LogP contribution >= 0.6 is 11.8 Å². The van der Waals surface area contributed by atoms with Crippen molar-refractivity contribution < 1.29 is 0 Å². The molecule has 17 heavy (non-hydrogen) atoms. The minimum atomic E-state index is 0.525. The first-order chi connectivity index (χ1) is 8.26. The van der Waals surface area contributed by atoms with Crippen LogP contribution in [0.3, 0.4) is 0 Å². The summed E-state index contributed by atoms with van der Waals surface area (Å²) in [5, 5.41) is 8.72. The highest BCUT2D eigenvalue weighted by Crippen LogP contribution is 2.29. The third-order valence-corrected chi connectivity index (χ3v) is 3.28. The van der Waals surface area contributed by atoms with E-state index in [9.17, 15) is 0 Å². The van der Waals surface area contributed by atoms with Crippen molar-refractivity contribution in [2.45, 2.75) is 24.7 Å². The molecule has 0 N–H and O–H groups in total. The zero-order chi connectivity index (χ0) is 12.5. The number of benzene rings is 1. The van der Waals surface area contributed by atoms with Gasteiger partial charge in [0, 0.05) is 22.3 Å². The molecule has 0 fully saturated rings. The Balaban J connectivity index is 2.62. The molecule has 0 aliphatic heterocycles. The van der Waals surface area contributed by atoms with Crippen LogP contribution in [0.2, 0.25) is 0 Å². The summed E-state index contributed by atoms with van der Waals surface area (Å²) in [6.07, 6.45) is 3.19. The van der Waals surface area contributed by atoms with E-state index in [1.165, 1.54) is 5.56 Å². The fraction of sp³-hybridized carbons (Fsp3) is 0.286. The molecule has 0 bridgehead atoms.